The third kappa shape index (κ3) is 3.51. The average Bonchev–Trinajstić information content (AvgIpc) is 2.60. The molecule has 128 valence electrons. The van der Waals surface area contributed by atoms with Crippen LogP contribution >= 0.6 is 11.6 Å². The van der Waals surface area contributed by atoms with Crippen molar-refractivity contribution in [1.82, 2.24) is 4.90 Å². The van der Waals surface area contributed by atoms with Crippen molar-refractivity contribution < 1.29 is 28.6 Å². The number of carbonyl (C=O) groups excluding carboxylic acids is 3. The molecule has 2 rings (SSSR count). The summed E-state index contributed by atoms with van der Waals surface area (Å²) in [6.45, 7) is 1.68. The summed E-state index contributed by atoms with van der Waals surface area (Å²) in [6.07, 6.45) is 0. The minimum Gasteiger partial charge on any atom is -0.470 e. The second kappa shape index (κ2) is 7.83. The van der Waals surface area contributed by atoms with Gasteiger partial charge in [0.05, 0.1) is 19.3 Å². The van der Waals surface area contributed by atoms with E-state index < -0.39 is 17.8 Å². The Morgan fingerprint density at radius 3 is 2.42 bits per heavy atom. The summed E-state index contributed by atoms with van der Waals surface area (Å²) in [5.41, 5.74) is 1.39. The van der Waals surface area contributed by atoms with Gasteiger partial charge in [-0.2, -0.15) is 0 Å². The van der Waals surface area contributed by atoms with Crippen LogP contribution in [0.4, 0.5) is 0 Å². The predicted molar refractivity (Wildman–Crippen MR) is 84.9 cm³/mol. The van der Waals surface area contributed by atoms with Gasteiger partial charge < -0.3 is 14.2 Å². The normalized spacial score (nSPS) is 13.5. The highest BCUT2D eigenvalue weighted by atomic mass is 35.5. The van der Waals surface area contributed by atoms with Crippen LogP contribution in [0.5, 0.6) is 0 Å². The molecule has 7 nitrogen and oxygen atoms in total. The summed E-state index contributed by atoms with van der Waals surface area (Å²) in [5.74, 6) is -1.38. The number of methoxy groups -OCH3 is 1. The Morgan fingerprint density at radius 2 is 1.88 bits per heavy atom. The lowest BCUT2D eigenvalue weighted by atomic mass is 10.0. The second-order valence-electron chi connectivity index (χ2n) is 4.70. The summed E-state index contributed by atoms with van der Waals surface area (Å²) >= 11 is 5.54. The molecule has 0 aromatic heterocycles. The molecule has 0 unspecified atom stereocenters. The van der Waals surface area contributed by atoms with Gasteiger partial charge in [-0.1, -0.05) is 23.7 Å². The number of nitrogens with zero attached hydrogens (tertiary/aromatic N) is 1. The van der Waals surface area contributed by atoms with Gasteiger partial charge in [-0.05, 0) is 19.1 Å². The van der Waals surface area contributed by atoms with Gasteiger partial charge in [0.1, 0.15) is 12.2 Å². The number of benzene rings is 1. The quantitative estimate of drug-likeness (QED) is 0.548. The molecule has 8 heteroatoms. The molecule has 1 aliphatic heterocycles. The Balaban J connectivity index is 2.29. The van der Waals surface area contributed by atoms with E-state index in [1.165, 1.54) is 12.0 Å². The fourth-order valence-corrected chi connectivity index (χ4v) is 2.34. The molecular weight excluding hydrogens is 338 g/mol. The maximum absolute atomic E-state index is 12.1. The molecule has 0 bridgehead atoms. The molecular formula is C16H16ClNO6. The number of amides is 1. The summed E-state index contributed by atoms with van der Waals surface area (Å²) in [7, 11) is 1.29. The van der Waals surface area contributed by atoms with Gasteiger partial charge in [-0.15, -0.1) is 0 Å². The average molecular weight is 354 g/mol. The van der Waals surface area contributed by atoms with E-state index in [0.717, 1.165) is 0 Å². The molecule has 0 fully saturated rings. The van der Waals surface area contributed by atoms with E-state index in [1.54, 1.807) is 31.2 Å². The van der Waals surface area contributed by atoms with Gasteiger partial charge in [0.25, 0.3) is 5.91 Å². The van der Waals surface area contributed by atoms with Crippen molar-refractivity contribution in [1.29, 1.82) is 0 Å². The fraction of sp³-hybridized carbons (Fsp3) is 0.312. The number of esters is 2. The van der Waals surface area contributed by atoms with Crippen LogP contribution in [0.25, 0.3) is 5.70 Å². The highest BCUT2D eigenvalue weighted by molar-refractivity contribution is 6.18. The maximum Gasteiger partial charge on any atom is 0.337 e. The largest absolute Gasteiger partial charge is 0.470 e. The number of halogens is 1. The Hall–Kier alpha value is -2.54. The van der Waals surface area contributed by atoms with Gasteiger partial charge in [-0.3, -0.25) is 14.5 Å². The molecule has 0 spiro atoms. The molecule has 1 aliphatic rings. The first-order chi connectivity index (χ1) is 11.5. The number of alkyl halides is 1. The monoisotopic (exact) mass is 353 g/mol. The van der Waals surface area contributed by atoms with Crippen LogP contribution in [0.2, 0.25) is 0 Å². The summed E-state index contributed by atoms with van der Waals surface area (Å²) in [6, 6.07) is 6.17. The van der Waals surface area contributed by atoms with E-state index in [9.17, 15) is 14.4 Å². The zero-order valence-corrected chi connectivity index (χ0v) is 14.0. The summed E-state index contributed by atoms with van der Waals surface area (Å²) < 4.78 is 14.6. The molecule has 0 saturated heterocycles. The van der Waals surface area contributed by atoms with Crippen LogP contribution < -0.4 is 0 Å². The number of hydrogen-bond donors (Lipinski definition) is 0. The molecule has 0 N–H and O–H groups in total. The van der Waals surface area contributed by atoms with E-state index in [1.807, 2.05) is 0 Å². The van der Waals surface area contributed by atoms with Gasteiger partial charge in [0, 0.05) is 5.56 Å². The fourth-order valence-electron chi connectivity index (χ4n) is 2.24. The van der Waals surface area contributed by atoms with Crippen LogP contribution in [0.3, 0.4) is 0 Å². The van der Waals surface area contributed by atoms with E-state index in [-0.39, 0.29) is 25.0 Å². The molecule has 1 heterocycles. The standard InChI is InChI=1S/C16H16ClNO6/c1-3-23-12(19)8-18-13(14(15(18)20)24-9-17)10-4-6-11(7-5-10)16(21)22-2/h4-7H,3,8-9H2,1-2H3. The van der Waals surface area contributed by atoms with Gasteiger partial charge in [0.15, 0.2) is 6.07 Å². The molecule has 1 aromatic carbocycles. The van der Waals surface area contributed by atoms with Crippen molar-refractivity contribution in [3.8, 4) is 0 Å². The van der Waals surface area contributed by atoms with E-state index >= 15 is 0 Å². The third-order valence-electron chi connectivity index (χ3n) is 3.30. The topological polar surface area (TPSA) is 82.1 Å². The van der Waals surface area contributed by atoms with Crippen LogP contribution in [0.15, 0.2) is 30.0 Å². The predicted octanol–water partition coefficient (Wildman–Crippen LogP) is 1.76. The first-order valence-corrected chi connectivity index (χ1v) is 7.66. The van der Waals surface area contributed by atoms with Crippen LogP contribution in [-0.2, 0) is 23.8 Å². The SMILES string of the molecule is CCOC(=O)CN1C(=O)C(OCCl)=C1c1ccc(C(=O)OC)cc1. The van der Waals surface area contributed by atoms with E-state index in [2.05, 4.69) is 4.74 Å². The third-order valence-corrected chi connectivity index (χ3v) is 3.40. The van der Waals surface area contributed by atoms with Crippen molar-refractivity contribution >= 4 is 35.1 Å². The van der Waals surface area contributed by atoms with Crippen molar-refractivity contribution in [2.45, 2.75) is 6.92 Å². The number of rotatable bonds is 7. The smallest absolute Gasteiger partial charge is 0.337 e. The minimum absolute atomic E-state index is 0.0696. The van der Waals surface area contributed by atoms with E-state index in [0.29, 0.717) is 16.8 Å². The highest BCUT2D eigenvalue weighted by Crippen LogP contribution is 2.34. The zero-order valence-electron chi connectivity index (χ0n) is 13.2. The van der Waals surface area contributed by atoms with Gasteiger partial charge >= 0.3 is 11.9 Å². The Kier molecular flexibility index (Phi) is 5.81. The molecule has 0 atom stereocenters. The van der Waals surface area contributed by atoms with E-state index in [4.69, 9.17) is 21.1 Å². The van der Waals surface area contributed by atoms with Crippen LogP contribution in [0, 0.1) is 0 Å². The Morgan fingerprint density at radius 1 is 1.21 bits per heavy atom. The minimum atomic E-state index is -0.528. The van der Waals surface area contributed by atoms with Crippen molar-refractivity contribution in [3.05, 3.63) is 41.2 Å². The number of carbonyl (C=O) groups is 3. The lowest BCUT2D eigenvalue weighted by molar-refractivity contribution is -0.148. The van der Waals surface area contributed by atoms with Crippen LogP contribution in [0.1, 0.15) is 22.8 Å². The van der Waals surface area contributed by atoms with Gasteiger partial charge in [0.2, 0.25) is 5.76 Å². The van der Waals surface area contributed by atoms with Gasteiger partial charge in [-0.25, -0.2) is 4.79 Å². The van der Waals surface area contributed by atoms with Crippen molar-refractivity contribution in [2.75, 3.05) is 26.3 Å². The second-order valence-corrected chi connectivity index (χ2v) is 4.91. The number of ether oxygens (including phenoxy) is 3. The molecule has 1 amide bonds. The summed E-state index contributed by atoms with van der Waals surface area (Å²) in [5, 5.41) is 0. The lowest BCUT2D eigenvalue weighted by Crippen LogP contribution is -2.45. The highest BCUT2D eigenvalue weighted by Gasteiger charge is 2.40. The molecule has 0 aliphatic carbocycles. The molecule has 0 radical (unpaired) electrons. The summed E-state index contributed by atoms with van der Waals surface area (Å²) in [4.78, 5) is 36.5. The zero-order chi connectivity index (χ0) is 17.7. The first-order valence-electron chi connectivity index (χ1n) is 7.12. The molecule has 24 heavy (non-hydrogen) atoms. The maximum atomic E-state index is 12.1. The Bertz CT molecular complexity index is 682. The number of hydrogen-bond acceptors (Lipinski definition) is 6. The van der Waals surface area contributed by atoms with Crippen molar-refractivity contribution in [2.24, 2.45) is 0 Å². The van der Waals surface area contributed by atoms with Crippen LogP contribution in [-0.4, -0.2) is 49.1 Å². The lowest BCUT2D eigenvalue weighted by Gasteiger charge is -2.34. The Labute approximate surface area is 143 Å². The van der Waals surface area contributed by atoms with Crippen molar-refractivity contribution in [3.63, 3.8) is 0 Å². The first kappa shape index (κ1) is 17.8. The molecule has 1 aromatic rings. The molecule has 0 saturated carbocycles.